The van der Waals surface area contributed by atoms with E-state index in [1.807, 2.05) is 0 Å². The van der Waals surface area contributed by atoms with Crippen LogP contribution in [-0.4, -0.2) is 158 Å². The van der Waals surface area contributed by atoms with E-state index in [0.717, 1.165) is 13.8 Å². The molecular formula is C22H38N2O15. The lowest BCUT2D eigenvalue weighted by molar-refractivity contribution is -0.354. The molecule has 0 radical (unpaired) electrons. The van der Waals surface area contributed by atoms with Crippen LogP contribution >= 0.6 is 0 Å². The minimum absolute atomic E-state index is 0.610. The molecule has 17 nitrogen and oxygen atoms in total. The third-order valence-corrected chi connectivity index (χ3v) is 6.86. The minimum Gasteiger partial charge on any atom is -0.394 e. The van der Waals surface area contributed by atoms with Gasteiger partial charge in [0.15, 0.2) is 18.9 Å². The fraction of sp³-hybridized carbons (Fsp3) is 0.909. The van der Waals surface area contributed by atoms with Gasteiger partial charge in [-0.2, -0.15) is 0 Å². The Hall–Kier alpha value is -1.58. The number of aliphatic hydroxyl groups is 8. The molecule has 0 bridgehead atoms. The molecule has 0 aliphatic carbocycles. The van der Waals surface area contributed by atoms with Crippen molar-refractivity contribution in [1.82, 2.24) is 10.6 Å². The molecule has 10 N–H and O–H groups in total. The lowest BCUT2D eigenvalue weighted by Crippen LogP contribution is -2.70. The van der Waals surface area contributed by atoms with E-state index < -0.39 is 117 Å². The number of hydrogen-bond donors (Lipinski definition) is 10. The average molecular weight is 571 g/mol. The summed E-state index contributed by atoms with van der Waals surface area (Å²) in [5.74, 6) is -1.25. The van der Waals surface area contributed by atoms with Crippen molar-refractivity contribution in [3.05, 3.63) is 0 Å². The van der Waals surface area contributed by atoms with Gasteiger partial charge in [0.05, 0.1) is 19.3 Å². The molecule has 3 aliphatic rings. The number of carbonyl (C=O) groups is 2. The topological polar surface area (TPSA) is 266 Å². The molecule has 0 aromatic rings. The van der Waals surface area contributed by atoms with Crippen molar-refractivity contribution in [1.29, 1.82) is 0 Å². The van der Waals surface area contributed by atoms with Gasteiger partial charge in [-0.05, 0) is 6.92 Å². The fourth-order valence-electron chi connectivity index (χ4n) is 4.80. The summed E-state index contributed by atoms with van der Waals surface area (Å²) in [6.07, 6.45) is -19.9. The Balaban J connectivity index is 1.91. The SMILES string of the molecule is CC(=O)N[C@@H]1[C@H](O[C@H]2[C@H](O)[C@@H](CO)O[C@H](O)[C@@H]2NC(C)=O)O[C@@H](C)[C@@H](O)[C@H]1O[C@H]1O[C@H](CO)[C@H](O)[C@H](O)[C@H]1O. The Bertz CT molecular complexity index is 835. The highest BCUT2D eigenvalue weighted by Gasteiger charge is 2.53. The van der Waals surface area contributed by atoms with Crippen LogP contribution in [0.15, 0.2) is 0 Å². The Morgan fingerprint density at radius 1 is 0.667 bits per heavy atom. The molecule has 39 heavy (non-hydrogen) atoms. The molecule has 0 aromatic heterocycles. The molecule has 0 unspecified atom stereocenters. The van der Waals surface area contributed by atoms with Crippen LogP contribution in [-0.2, 0) is 33.3 Å². The lowest BCUT2D eigenvalue weighted by atomic mass is 9.94. The first-order chi connectivity index (χ1) is 18.3. The molecule has 3 aliphatic heterocycles. The fourth-order valence-corrected chi connectivity index (χ4v) is 4.80. The van der Waals surface area contributed by atoms with Crippen molar-refractivity contribution in [2.24, 2.45) is 0 Å². The largest absolute Gasteiger partial charge is 0.394 e. The highest BCUT2D eigenvalue weighted by molar-refractivity contribution is 5.73. The second-order valence-corrected chi connectivity index (χ2v) is 9.79. The van der Waals surface area contributed by atoms with Crippen LogP contribution in [0, 0.1) is 0 Å². The van der Waals surface area contributed by atoms with Crippen molar-refractivity contribution in [3.63, 3.8) is 0 Å². The second-order valence-electron chi connectivity index (χ2n) is 9.79. The van der Waals surface area contributed by atoms with Crippen LogP contribution in [0.2, 0.25) is 0 Å². The van der Waals surface area contributed by atoms with Crippen LogP contribution in [0.25, 0.3) is 0 Å². The molecule has 3 heterocycles. The van der Waals surface area contributed by atoms with Crippen LogP contribution < -0.4 is 10.6 Å². The number of carbonyl (C=O) groups excluding carboxylic acids is 2. The number of nitrogens with one attached hydrogen (secondary N) is 2. The summed E-state index contributed by atoms with van der Waals surface area (Å²) in [4.78, 5) is 23.9. The average Bonchev–Trinajstić information content (AvgIpc) is 2.87. The first-order valence-electron chi connectivity index (χ1n) is 12.4. The highest BCUT2D eigenvalue weighted by atomic mass is 16.7. The van der Waals surface area contributed by atoms with Crippen molar-refractivity contribution in [3.8, 4) is 0 Å². The van der Waals surface area contributed by atoms with Crippen LogP contribution in [0.1, 0.15) is 20.8 Å². The zero-order valence-corrected chi connectivity index (χ0v) is 21.5. The summed E-state index contributed by atoms with van der Waals surface area (Å²) in [5, 5.41) is 86.6. The summed E-state index contributed by atoms with van der Waals surface area (Å²) >= 11 is 0. The lowest BCUT2D eigenvalue weighted by Gasteiger charge is -2.49. The molecule has 17 heteroatoms. The normalized spacial score (nSPS) is 46.9. The van der Waals surface area contributed by atoms with Gasteiger partial charge < -0.3 is 75.2 Å². The summed E-state index contributed by atoms with van der Waals surface area (Å²) in [5.41, 5.74) is 0. The van der Waals surface area contributed by atoms with E-state index in [1.165, 1.54) is 6.92 Å². The first kappa shape index (κ1) is 31.9. The third-order valence-electron chi connectivity index (χ3n) is 6.86. The molecular weight excluding hydrogens is 532 g/mol. The molecule has 15 atom stereocenters. The number of amides is 2. The van der Waals surface area contributed by atoms with E-state index in [4.69, 9.17) is 23.7 Å². The monoisotopic (exact) mass is 570 g/mol. The van der Waals surface area contributed by atoms with E-state index in [2.05, 4.69) is 10.6 Å². The number of hydrogen-bond acceptors (Lipinski definition) is 15. The molecule has 2 amide bonds. The Morgan fingerprint density at radius 3 is 1.74 bits per heavy atom. The third kappa shape index (κ3) is 7.02. The smallest absolute Gasteiger partial charge is 0.217 e. The predicted octanol–water partition coefficient (Wildman–Crippen LogP) is -6.26. The predicted molar refractivity (Wildman–Crippen MR) is 123 cm³/mol. The van der Waals surface area contributed by atoms with Crippen LogP contribution in [0.3, 0.4) is 0 Å². The summed E-state index contributed by atoms with van der Waals surface area (Å²) in [7, 11) is 0. The molecule has 0 saturated carbocycles. The zero-order chi connectivity index (χ0) is 29.2. The molecule has 3 rings (SSSR count). The van der Waals surface area contributed by atoms with Gasteiger partial charge in [-0.3, -0.25) is 9.59 Å². The standard InChI is InChI=1S/C22H38N2O15/c1-6-13(29)19(39-22-17(33)16(32)14(30)9(4-25)37-22)12(24-8(3)28)21(35-6)38-18-11(23-7(2)27)20(34)36-10(5-26)15(18)31/h6,9-22,25-26,29-34H,4-5H2,1-3H3,(H,23,27)(H,24,28)/t6-,9+,10+,11+,12-,13+,14-,15+,16-,17+,18+,19-,20-,21-,22+/m0/s1. The van der Waals surface area contributed by atoms with E-state index in [-0.39, 0.29) is 0 Å². The van der Waals surface area contributed by atoms with Crippen LogP contribution in [0.5, 0.6) is 0 Å². The van der Waals surface area contributed by atoms with Gasteiger partial charge in [0.2, 0.25) is 11.8 Å². The van der Waals surface area contributed by atoms with Crippen molar-refractivity contribution in [2.45, 2.75) is 113 Å². The Kier molecular flexibility index (Phi) is 11.0. The maximum atomic E-state index is 12.1. The van der Waals surface area contributed by atoms with E-state index in [1.54, 1.807) is 0 Å². The van der Waals surface area contributed by atoms with E-state index in [0.29, 0.717) is 0 Å². The molecule has 3 fully saturated rings. The minimum atomic E-state index is -1.83. The van der Waals surface area contributed by atoms with Crippen molar-refractivity contribution in [2.75, 3.05) is 13.2 Å². The molecule has 0 spiro atoms. The number of aliphatic hydroxyl groups excluding tert-OH is 8. The molecule has 0 aromatic carbocycles. The van der Waals surface area contributed by atoms with E-state index >= 15 is 0 Å². The Morgan fingerprint density at radius 2 is 1.18 bits per heavy atom. The quantitative estimate of drug-likeness (QED) is 0.130. The summed E-state index contributed by atoms with van der Waals surface area (Å²) in [6, 6.07) is -2.73. The van der Waals surface area contributed by atoms with Crippen molar-refractivity contribution < 1.29 is 74.1 Å². The zero-order valence-electron chi connectivity index (χ0n) is 21.5. The van der Waals surface area contributed by atoms with E-state index in [9.17, 15) is 50.4 Å². The second kappa shape index (κ2) is 13.4. The van der Waals surface area contributed by atoms with Gasteiger partial charge in [-0.15, -0.1) is 0 Å². The molecule has 3 saturated heterocycles. The first-order valence-corrected chi connectivity index (χ1v) is 12.4. The van der Waals surface area contributed by atoms with Gasteiger partial charge in [-0.25, -0.2) is 0 Å². The van der Waals surface area contributed by atoms with Gasteiger partial charge in [0, 0.05) is 13.8 Å². The van der Waals surface area contributed by atoms with Crippen LogP contribution in [0.4, 0.5) is 0 Å². The van der Waals surface area contributed by atoms with Gasteiger partial charge in [0.25, 0.3) is 0 Å². The number of ether oxygens (including phenoxy) is 5. The van der Waals surface area contributed by atoms with Gasteiger partial charge in [-0.1, -0.05) is 0 Å². The van der Waals surface area contributed by atoms with Gasteiger partial charge in [0.1, 0.15) is 67.0 Å². The Labute approximate surface area is 223 Å². The van der Waals surface area contributed by atoms with Gasteiger partial charge >= 0.3 is 0 Å². The highest BCUT2D eigenvalue weighted by Crippen LogP contribution is 2.32. The summed E-state index contributed by atoms with van der Waals surface area (Å²) < 4.78 is 28.0. The maximum absolute atomic E-state index is 12.1. The number of rotatable bonds is 8. The maximum Gasteiger partial charge on any atom is 0.217 e. The van der Waals surface area contributed by atoms with Crippen molar-refractivity contribution >= 4 is 11.8 Å². The summed E-state index contributed by atoms with van der Waals surface area (Å²) in [6.45, 7) is 2.25. The molecule has 226 valence electrons.